The summed E-state index contributed by atoms with van der Waals surface area (Å²) in [4.78, 5) is 9.41. The summed E-state index contributed by atoms with van der Waals surface area (Å²) in [7, 11) is 0. The van der Waals surface area contributed by atoms with Gasteiger partial charge in [-0.3, -0.25) is 9.55 Å². The monoisotopic (exact) mass is 497 g/mol. The second kappa shape index (κ2) is 8.64. The van der Waals surface area contributed by atoms with Crippen LogP contribution in [0.2, 0.25) is 0 Å². The molecule has 8 rings (SSSR count). The van der Waals surface area contributed by atoms with Gasteiger partial charge in [0.2, 0.25) is 0 Å². The fraction of sp³-hybridized carbons (Fsp3) is 0. The Hall–Kier alpha value is -5.28. The van der Waals surface area contributed by atoms with E-state index >= 15 is 0 Å². The Labute approximate surface area is 225 Å². The quantitative estimate of drug-likeness (QED) is 0.228. The van der Waals surface area contributed by atoms with Crippen molar-refractivity contribution < 1.29 is 0 Å². The van der Waals surface area contributed by atoms with E-state index in [2.05, 4.69) is 131 Å². The van der Waals surface area contributed by atoms with Crippen molar-refractivity contribution in [3.05, 3.63) is 140 Å². The number of pyridine rings is 2. The van der Waals surface area contributed by atoms with E-state index in [0.717, 1.165) is 27.8 Å². The van der Waals surface area contributed by atoms with Crippen LogP contribution in [0.3, 0.4) is 0 Å². The van der Waals surface area contributed by atoms with Crippen LogP contribution in [-0.2, 0) is 0 Å². The summed E-state index contributed by atoms with van der Waals surface area (Å²) in [6, 6.07) is 43.0. The maximum Gasteiger partial charge on any atom is 0.137 e. The molecule has 3 heteroatoms. The van der Waals surface area contributed by atoms with Crippen molar-refractivity contribution in [2.75, 3.05) is 0 Å². The number of nitrogens with zero attached hydrogens (tertiary/aromatic N) is 3. The molecule has 3 aromatic heterocycles. The normalized spacial score (nSPS) is 11.6. The zero-order valence-corrected chi connectivity index (χ0v) is 21.1. The molecule has 0 N–H and O–H groups in total. The van der Waals surface area contributed by atoms with Crippen LogP contribution in [0, 0.1) is 0 Å². The van der Waals surface area contributed by atoms with Crippen molar-refractivity contribution in [2.24, 2.45) is 0 Å². The maximum absolute atomic E-state index is 5.03. The Morgan fingerprint density at radius 1 is 0.410 bits per heavy atom. The fourth-order valence-corrected chi connectivity index (χ4v) is 6.08. The smallest absolute Gasteiger partial charge is 0.137 e. The van der Waals surface area contributed by atoms with Gasteiger partial charge in [0.1, 0.15) is 5.82 Å². The first kappa shape index (κ1) is 21.8. The molecule has 39 heavy (non-hydrogen) atoms. The number of rotatable bonds is 3. The minimum Gasteiger partial charge on any atom is -0.294 e. The highest BCUT2D eigenvalue weighted by Crippen LogP contribution is 2.43. The van der Waals surface area contributed by atoms with Crippen molar-refractivity contribution in [2.45, 2.75) is 0 Å². The molecule has 3 nitrogen and oxygen atoms in total. The zero-order chi connectivity index (χ0) is 25.8. The highest BCUT2D eigenvalue weighted by Gasteiger charge is 2.17. The number of aromatic nitrogens is 3. The Bertz CT molecular complexity index is 2050. The van der Waals surface area contributed by atoms with Gasteiger partial charge in [-0.25, -0.2) is 4.98 Å². The standard InChI is InChI=1S/C36H23N3/c1-2-10-24(11-3-1)35-27-13-4-6-15-29(27)36(30-16-7-5-14-28(30)35)25-18-19-34(38-22-25)39-32-17-9-8-12-26(32)31-23-37-21-20-33(31)39/h1-23H. The highest BCUT2D eigenvalue weighted by atomic mass is 15.1. The predicted molar refractivity (Wildman–Crippen MR) is 162 cm³/mol. The van der Waals surface area contributed by atoms with E-state index in [1.807, 2.05) is 18.6 Å². The minimum absolute atomic E-state index is 0.894. The van der Waals surface area contributed by atoms with Crippen molar-refractivity contribution in [3.8, 4) is 28.1 Å². The Morgan fingerprint density at radius 3 is 1.62 bits per heavy atom. The first-order valence-corrected chi connectivity index (χ1v) is 13.2. The first-order chi connectivity index (χ1) is 19.4. The largest absolute Gasteiger partial charge is 0.294 e. The lowest BCUT2D eigenvalue weighted by molar-refractivity contribution is 1.08. The van der Waals surface area contributed by atoms with Gasteiger partial charge < -0.3 is 0 Å². The summed E-state index contributed by atoms with van der Waals surface area (Å²) in [5, 5.41) is 7.26. The summed E-state index contributed by atoms with van der Waals surface area (Å²) >= 11 is 0. The van der Waals surface area contributed by atoms with Crippen LogP contribution in [0.5, 0.6) is 0 Å². The number of para-hydroxylation sites is 1. The second-order valence-electron chi connectivity index (χ2n) is 9.86. The molecule has 0 fully saturated rings. The second-order valence-corrected chi connectivity index (χ2v) is 9.86. The van der Waals surface area contributed by atoms with E-state index in [1.165, 1.54) is 43.6 Å². The predicted octanol–water partition coefficient (Wildman–Crippen LogP) is 9.21. The van der Waals surface area contributed by atoms with Crippen LogP contribution in [0.25, 0.3) is 71.4 Å². The molecule has 0 saturated heterocycles. The first-order valence-electron chi connectivity index (χ1n) is 13.2. The van der Waals surface area contributed by atoms with Crippen molar-refractivity contribution in [1.82, 2.24) is 14.5 Å². The molecule has 0 aliphatic heterocycles. The van der Waals surface area contributed by atoms with Gasteiger partial charge in [-0.05, 0) is 62.5 Å². The summed E-state index contributed by atoms with van der Waals surface area (Å²) in [6.07, 6.45) is 5.81. The molecule has 0 spiro atoms. The van der Waals surface area contributed by atoms with Gasteiger partial charge in [0, 0.05) is 34.9 Å². The molecule has 5 aromatic carbocycles. The average molecular weight is 498 g/mol. The third-order valence-electron chi connectivity index (χ3n) is 7.73. The van der Waals surface area contributed by atoms with Crippen LogP contribution in [0.4, 0.5) is 0 Å². The molecule has 0 unspecified atom stereocenters. The van der Waals surface area contributed by atoms with Gasteiger partial charge in [-0.1, -0.05) is 97.1 Å². The van der Waals surface area contributed by atoms with Crippen molar-refractivity contribution >= 4 is 43.4 Å². The van der Waals surface area contributed by atoms with Gasteiger partial charge in [-0.2, -0.15) is 0 Å². The molecule has 8 aromatic rings. The van der Waals surface area contributed by atoms with Gasteiger partial charge in [0.25, 0.3) is 0 Å². The molecule has 0 saturated carbocycles. The van der Waals surface area contributed by atoms with Crippen LogP contribution in [-0.4, -0.2) is 14.5 Å². The summed E-state index contributed by atoms with van der Waals surface area (Å²) in [5.41, 5.74) is 7.05. The molecular weight excluding hydrogens is 474 g/mol. The van der Waals surface area contributed by atoms with E-state index in [1.54, 1.807) is 0 Å². The van der Waals surface area contributed by atoms with Crippen LogP contribution < -0.4 is 0 Å². The molecule has 182 valence electrons. The van der Waals surface area contributed by atoms with E-state index < -0.39 is 0 Å². The molecule has 3 heterocycles. The third kappa shape index (κ3) is 3.30. The molecule has 0 atom stereocenters. The molecule has 0 aliphatic rings. The van der Waals surface area contributed by atoms with Gasteiger partial charge in [0.15, 0.2) is 0 Å². The number of benzene rings is 5. The molecule has 0 aliphatic carbocycles. The van der Waals surface area contributed by atoms with Gasteiger partial charge >= 0.3 is 0 Å². The molecule has 0 bridgehead atoms. The lowest BCUT2D eigenvalue weighted by Gasteiger charge is -2.17. The van der Waals surface area contributed by atoms with Crippen LogP contribution in [0.15, 0.2) is 140 Å². The lowest BCUT2D eigenvalue weighted by atomic mass is 9.86. The Balaban J connectivity index is 1.38. The van der Waals surface area contributed by atoms with E-state index in [0.29, 0.717) is 0 Å². The molecule has 0 radical (unpaired) electrons. The number of fused-ring (bicyclic) bond motifs is 5. The Kier molecular flexibility index (Phi) is 4.82. The van der Waals surface area contributed by atoms with Gasteiger partial charge in [0.05, 0.1) is 11.0 Å². The summed E-state index contributed by atoms with van der Waals surface area (Å²) < 4.78 is 2.23. The average Bonchev–Trinajstić information content (AvgIpc) is 3.35. The fourth-order valence-electron chi connectivity index (χ4n) is 6.08. The maximum atomic E-state index is 5.03. The van der Waals surface area contributed by atoms with Crippen LogP contribution in [0.1, 0.15) is 0 Å². The highest BCUT2D eigenvalue weighted by molar-refractivity contribution is 6.21. The SMILES string of the molecule is c1ccc(-c2c3ccccc3c(-c3ccc(-n4c5ccccc5c5cnccc54)nc3)c3ccccc23)cc1. The zero-order valence-electron chi connectivity index (χ0n) is 21.1. The lowest BCUT2D eigenvalue weighted by Crippen LogP contribution is -1.97. The summed E-state index contributed by atoms with van der Waals surface area (Å²) in [6.45, 7) is 0. The summed E-state index contributed by atoms with van der Waals surface area (Å²) in [5.74, 6) is 0.894. The van der Waals surface area contributed by atoms with E-state index in [-0.39, 0.29) is 0 Å². The van der Waals surface area contributed by atoms with Crippen LogP contribution >= 0.6 is 0 Å². The number of hydrogen-bond acceptors (Lipinski definition) is 2. The minimum atomic E-state index is 0.894. The van der Waals surface area contributed by atoms with E-state index in [9.17, 15) is 0 Å². The van der Waals surface area contributed by atoms with Gasteiger partial charge in [-0.15, -0.1) is 0 Å². The van der Waals surface area contributed by atoms with E-state index in [4.69, 9.17) is 4.98 Å². The molecule has 0 amide bonds. The Morgan fingerprint density at radius 2 is 0.974 bits per heavy atom. The number of hydrogen-bond donors (Lipinski definition) is 0. The third-order valence-corrected chi connectivity index (χ3v) is 7.73. The molecular formula is C36H23N3. The topological polar surface area (TPSA) is 30.7 Å². The van der Waals surface area contributed by atoms with Crippen molar-refractivity contribution in [1.29, 1.82) is 0 Å². The van der Waals surface area contributed by atoms with Crippen molar-refractivity contribution in [3.63, 3.8) is 0 Å².